The molecule has 0 radical (unpaired) electrons. The molecule has 0 saturated heterocycles. The van der Waals surface area contributed by atoms with Gasteiger partial charge in [0.15, 0.2) is 0 Å². The lowest BCUT2D eigenvalue weighted by Crippen LogP contribution is -2.34. The number of carboxylic acids is 1. The van der Waals surface area contributed by atoms with E-state index in [2.05, 4.69) is 5.32 Å². The molecule has 6 heteroatoms. The lowest BCUT2D eigenvalue weighted by atomic mass is 10.0. The molecule has 6 nitrogen and oxygen atoms in total. The third-order valence-electron chi connectivity index (χ3n) is 2.19. The number of carboxylic acid groups (broad SMARTS) is 1. The van der Waals surface area contributed by atoms with E-state index < -0.39 is 16.9 Å². The highest BCUT2D eigenvalue weighted by Gasteiger charge is 2.27. The first-order valence-electron chi connectivity index (χ1n) is 5.15. The number of nitrogens with zero attached hydrogens (tertiary/aromatic N) is 1. The van der Waals surface area contributed by atoms with Gasteiger partial charge in [0, 0.05) is 12.1 Å². The van der Waals surface area contributed by atoms with Crippen molar-refractivity contribution < 1.29 is 14.8 Å². The summed E-state index contributed by atoms with van der Waals surface area (Å²) in [5, 5.41) is 22.7. The standard InChI is InChI=1S/C11H14N2O4/c1-7(2)12-10(11(14)15)8-5-3-4-6-9(8)13(16)17/h3-7,10,12H,1-2H3,(H,14,15). The Balaban J connectivity index is 3.18. The third kappa shape index (κ3) is 3.25. The number of rotatable bonds is 5. The number of nitrogens with one attached hydrogen (secondary N) is 1. The minimum atomic E-state index is -1.13. The average molecular weight is 238 g/mol. The van der Waals surface area contributed by atoms with Crippen molar-refractivity contribution in [1.29, 1.82) is 0 Å². The molecule has 0 fully saturated rings. The van der Waals surface area contributed by atoms with Gasteiger partial charge >= 0.3 is 5.97 Å². The van der Waals surface area contributed by atoms with Crippen molar-refractivity contribution in [1.82, 2.24) is 5.32 Å². The molecular formula is C11H14N2O4. The molecule has 0 saturated carbocycles. The van der Waals surface area contributed by atoms with Crippen molar-refractivity contribution in [3.8, 4) is 0 Å². The SMILES string of the molecule is CC(C)NC(C(=O)O)c1ccccc1[N+](=O)[O-]. The highest BCUT2D eigenvalue weighted by Crippen LogP contribution is 2.25. The molecule has 1 unspecified atom stereocenters. The van der Waals surface area contributed by atoms with Crippen LogP contribution in [0.2, 0.25) is 0 Å². The maximum absolute atomic E-state index is 11.1. The van der Waals surface area contributed by atoms with E-state index in [4.69, 9.17) is 5.11 Å². The van der Waals surface area contributed by atoms with Gasteiger partial charge in [-0.25, -0.2) is 0 Å². The Morgan fingerprint density at radius 3 is 2.47 bits per heavy atom. The Hall–Kier alpha value is -1.95. The molecule has 1 aromatic rings. The average Bonchev–Trinajstić information content (AvgIpc) is 2.25. The van der Waals surface area contributed by atoms with Crippen molar-refractivity contribution >= 4 is 11.7 Å². The Morgan fingerprint density at radius 2 is 2.00 bits per heavy atom. The molecule has 0 aliphatic heterocycles. The lowest BCUT2D eigenvalue weighted by molar-refractivity contribution is -0.385. The van der Waals surface area contributed by atoms with Crippen LogP contribution >= 0.6 is 0 Å². The van der Waals surface area contributed by atoms with Gasteiger partial charge in [-0.3, -0.25) is 20.2 Å². The Morgan fingerprint density at radius 1 is 1.41 bits per heavy atom. The van der Waals surface area contributed by atoms with E-state index in [1.807, 2.05) is 0 Å². The minimum Gasteiger partial charge on any atom is -0.480 e. The molecule has 1 aromatic carbocycles. The molecule has 0 aromatic heterocycles. The fourth-order valence-corrected chi connectivity index (χ4v) is 1.53. The van der Waals surface area contributed by atoms with Gasteiger partial charge in [-0.2, -0.15) is 0 Å². The Bertz CT molecular complexity index is 431. The predicted molar refractivity (Wildman–Crippen MR) is 61.7 cm³/mol. The van der Waals surface area contributed by atoms with Gasteiger partial charge in [0.25, 0.3) is 5.69 Å². The van der Waals surface area contributed by atoms with Crippen LogP contribution in [0.1, 0.15) is 25.5 Å². The van der Waals surface area contributed by atoms with Gasteiger partial charge < -0.3 is 5.11 Å². The predicted octanol–water partition coefficient (Wildman–Crippen LogP) is 1.72. The van der Waals surface area contributed by atoms with Crippen LogP contribution in [0, 0.1) is 10.1 Å². The summed E-state index contributed by atoms with van der Waals surface area (Å²) in [6.45, 7) is 3.56. The molecule has 0 aliphatic carbocycles. The maximum Gasteiger partial charge on any atom is 0.325 e. The van der Waals surface area contributed by atoms with Gasteiger partial charge in [-0.1, -0.05) is 12.1 Å². The number of hydrogen-bond donors (Lipinski definition) is 2. The zero-order chi connectivity index (χ0) is 13.0. The summed E-state index contributed by atoms with van der Waals surface area (Å²) in [7, 11) is 0. The first kappa shape index (κ1) is 13.1. The first-order chi connectivity index (χ1) is 7.93. The molecule has 1 rings (SSSR count). The zero-order valence-corrected chi connectivity index (χ0v) is 9.58. The van der Waals surface area contributed by atoms with E-state index in [1.54, 1.807) is 19.9 Å². The number of benzene rings is 1. The van der Waals surface area contributed by atoms with Crippen LogP contribution in [0.5, 0.6) is 0 Å². The summed E-state index contributed by atoms with van der Waals surface area (Å²) in [6.07, 6.45) is 0. The number of carbonyl (C=O) groups is 1. The van der Waals surface area contributed by atoms with Gasteiger partial charge in [-0.15, -0.1) is 0 Å². The van der Waals surface area contributed by atoms with Crippen molar-refractivity contribution in [2.75, 3.05) is 0 Å². The van der Waals surface area contributed by atoms with E-state index >= 15 is 0 Å². The van der Waals surface area contributed by atoms with Crippen molar-refractivity contribution in [2.24, 2.45) is 0 Å². The highest BCUT2D eigenvalue weighted by atomic mass is 16.6. The third-order valence-corrected chi connectivity index (χ3v) is 2.19. The highest BCUT2D eigenvalue weighted by molar-refractivity contribution is 5.77. The molecule has 0 aliphatic rings. The van der Waals surface area contributed by atoms with Gasteiger partial charge in [0.2, 0.25) is 0 Å². The quantitative estimate of drug-likeness (QED) is 0.601. The molecule has 92 valence electrons. The van der Waals surface area contributed by atoms with Crippen LogP contribution in [0.15, 0.2) is 24.3 Å². The fourth-order valence-electron chi connectivity index (χ4n) is 1.53. The van der Waals surface area contributed by atoms with Crippen LogP contribution in [0.4, 0.5) is 5.69 Å². The summed E-state index contributed by atoms with van der Waals surface area (Å²) < 4.78 is 0. The second kappa shape index (κ2) is 5.40. The zero-order valence-electron chi connectivity index (χ0n) is 9.58. The van der Waals surface area contributed by atoms with E-state index in [0.29, 0.717) is 0 Å². The summed E-state index contributed by atoms with van der Waals surface area (Å²) >= 11 is 0. The van der Waals surface area contributed by atoms with Crippen LogP contribution in [0.3, 0.4) is 0 Å². The summed E-state index contributed by atoms with van der Waals surface area (Å²) in [5.41, 5.74) is -0.0215. The summed E-state index contributed by atoms with van der Waals surface area (Å²) in [6, 6.07) is 4.68. The molecule has 0 amide bonds. The molecule has 0 spiro atoms. The molecule has 0 bridgehead atoms. The lowest BCUT2D eigenvalue weighted by Gasteiger charge is -2.17. The van der Waals surface area contributed by atoms with Crippen LogP contribution in [0.25, 0.3) is 0 Å². The largest absolute Gasteiger partial charge is 0.480 e. The number of nitro groups is 1. The van der Waals surface area contributed by atoms with Crippen LogP contribution in [-0.2, 0) is 4.79 Å². The topological polar surface area (TPSA) is 92.5 Å². The van der Waals surface area contributed by atoms with E-state index in [1.165, 1.54) is 18.2 Å². The second-order valence-corrected chi connectivity index (χ2v) is 3.91. The van der Waals surface area contributed by atoms with E-state index in [9.17, 15) is 14.9 Å². The second-order valence-electron chi connectivity index (χ2n) is 3.91. The number of nitro benzene ring substituents is 1. The number of hydrogen-bond acceptors (Lipinski definition) is 4. The maximum atomic E-state index is 11.1. The monoisotopic (exact) mass is 238 g/mol. The fraction of sp³-hybridized carbons (Fsp3) is 0.364. The first-order valence-corrected chi connectivity index (χ1v) is 5.15. The number of para-hydroxylation sites is 1. The summed E-state index contributed by atoms with van der Waals surface area (Å²) in [4.78, 5) is 21.4. The van der Waals surface area contributed by atoms with Gasteiger partial charge in [0.05, 0.1) is 10.5 Å². The van der Waals surface area contributed by atoms with Crippen molar-refractivity contribution in [3.05, 3.63) is 39.9 Å². The van der Waals surface area contributed by atoms with Gasteiger partial charge in [0.1, 0.15) is 6.04 Å². The molecule has 2 N–H and O–H groups in total. The van der Waals surface area contributed by atoms with E-state index in [0.717, 1.165) is 0 Å². The number of aliphatic carboxylic acids is 1. The Labute approximate surface area is 98.4 Å². The van der Waals surface area contributed by atoms with Crippen molar-refractivity contribution in [3.63, 3.8) is 0 Å². The van der Waals surface area contributed by atoms with E-state index in [-0.39, 0.29) is 17.3 Å². The van der Waals surface area contributed by atoms with Crippen LogP contribution < -0.4 is 5.32 Å². The molecule has 17 heavy (non-hydrogen) atoms. The Kier molecular flexibility index (Phi) is 4.17. The molecule has 0 heterocycles. The van der Waals surface area contributed by atoms with Gasteiger partial charge in [-0.05, 0) is 19.9 Å². The smallest absolute Gasteiger partial charge is 0.325 e. The van der Waals surface area contributed by atoms with Crippen molar-refractivity contribution in [2.45, 2.75) is 25.9 Å². The molecular weight excluding hydrogens is 224 g/mol. The minimum absolute atomic E-state index is 0.0871. The molecule has 1 atom stereocenters. The normalized spacial score (nSPS) is 12.4. The van der Waals surface area contributed by atoms with Crippen LogP contribution in [-0.4, -0.2) is 22.0 Å². The summed E-state index contributed by atoms with van der Waals surface area (Å²) in [5.74, 6) is -1.13.